The Balaban J connectivity index is 1.80. The smallest absolute Gasteiger partial charge is 0.270 e. The van der Waals surface area contributed by atoms with Crippen molar-refractivity contribution in [2.45, 2.75) is 20.4 Å². The van der Waals surface area contributed by atoms with E-state index in [9.17, 15) is 4.79 Å². The van der Waals surface area contributed by atoms with Crippen molar-refractivity contribution in [2.75, 3.05) is 12.4 Å². The molecule has 1 amide bonds. The number of aromatic nitrogens is 2. The predicted octanol–water partition coefficient (Wildman–Crippen LogP) is 4.43. The number of carbonyl (C=O) groups excluding carboxylic acids is 1. The summed E-state index contributed by atoms with van der Waals surface area (Å²) in [6, 6.07) is 14.9. The average Bonchev–Trinajstić information content (AvgIpc) is 2.69. The third-order valence-electron chi connectivity index (χ3n) is 4.11. The summed E-state index contributed by atoms with van der Waals surface area (Å²) in [6.45, 7) is 4.07. The molecule has 7 heteroatoms. The summed E-state index contributed by atoms with van der Waals surface area (Å²) in [5.41, 5.74) is 2.91. The molecule has 1 aromatic heterocycles. The summed E-state index contributed by atoms with van der Waals surface area (Å²) in [5, 5.41) is 6.67. The summed E-state index contributed by atoms with van der Waals surface area (Å²) in [5.74, 6) is 1.30. The van der Waals surface area contributed by atoms with Crippen molar-refractivity contribution in [2.24, 2.45) is 0 Å². The topological polar surface area (TPSA) is 76.1 Å². The van der Waals surface area contributed by atoms with E-state index in [2.05, 4.69) is 20.6 Å². The number of hydrogen-bond acceptors (Lipinski definition) is 5. The van der Waals surface area contributed by atoms with Gasteiger partial charge in [-0.3, -0.25) is 4.79 Å². The van der Waals surface area contributed by atoms with E-state index < -0.39 is 0 Å². The van der Waals surface area contributed by atoms with Crippen molar-refractivity contribution in [1.82, 2.24) is 15.3 Å². The lowest BCUT2D eigenvalue weighted by molar-refractivity contribution is 0.0945. The fraction of sp³-hybridized carbons (Fsp3) is 0.190. The molecule has 0 unspecified atom stereocenters. The van der Waals surface area contributed by atoms with Gasteiger partial charge in [-0.05, 0) is 31.0 Å². The molecule has 0 saturated heterocycles. The molecule has 144 valence electrons. The first-order valence-electron chi connectivity index (χ1n) is 8.75. The molecular formula is C21H21ClN4O2. The molecule has 3 rings (SSSR count). The predicted molar refractivity (Wildman–Crippen MR) is 110 cm³/mol. The third kappa shape index (κ3) is 4.78. The van der Waals surface area contributed by atoms with E-state index >= 15 is 0 Å². The molecule has 0 spiro atoms. The molecule has 6 nitrogen and oxygen atoms in total. The zero-order valence-corrected chi connectivity index (χ0v) is 16.7. The Labute approximate surface area is 168 Å². The van der Waals surface area contributed by atoms with Crippen molar-refractivity contribution in [3.8, 4) is 5.75 Å². The van der Waals surface area contributed by atoms with Crippen molar-refractivity contribution < 1.29 is 9.53 Å². The van der Waals surface area contributed by atoms with Gasteiger partial charge in [-0.1, -0.05) is 41.9 Å². The first-order chi connectivity index (χ1) is 13.5. The van der Waals surface area contributed by atoms with Gasteiger partial charge in [0.15, 0.2) is 0 Å². The number of rotatable bonds is 6. The SMILES string of the molecule is COc1cc(Cl)c(C)cc1Nc1cc(C(=O)NCc2ccccc2)nc(C)n1. The molecule has 2 N–H and O–H groups in total. The normalized spacial score (nSPS) is 10.4. The van der Waals surface area contributed by atoms with Gasteiger partial charge in [-0.25, -0.2) is 9.97 Å². The van der Waals surface area contributed by atoms with Crippen LogP contribution in [0.5, 0.6) is 5.75 Å². The Morgan fingerprint density at radius 1 is 1.11 bits per heavy atom. The van der Waals surface area contributed by atoms with E-state index in [1.54, 1.807) is 26.2 Å². The third-order valence-corrected chi connectivity index (χ3v) is 4.52. The summed E-state index contributed by atoms with van der Waals surface area (Å²) < 4.78 is 5.38. The van der Waals surface area contributed by atoms with Gasteiger partial charge in [0.1, 0.15) is 23.1 Å². The van der Waals surface area contributed by atoms with Crippen LogP contribution < -0.4 is 15.4 Å². The Hall–Kier alpha value is -3.12. The zero-order chi connectivity index (χ0) is 20.1. The Morgan fingerprint density at radius 3 is 2.57 bits per heavy atom. The fourth-order valence-corrected chi connectivity index (χ4v) is 2.84. The van der Waals surface area contributed by atoms with Gasteiger partial charge >= 0.3 is 0 Å². The number of anilines is 2. The number of nitrogens with one attached hydrogen (secondary N) is 2. The molecule has 0 atom stereocenters. The van der Waals surface area contributed by atoms with Crippen LogP contribution in [0.1, 0.15) is 27.4 Å². The fourth-order valence-electron chi connectivity index (χ4n) is 2.68. The summed E-state index contributed by atoms with van der Waals surface area (Å²) in [7, 11) is 1.57. The highest BCUT2D eigenvalue weighted by atomic mass is 35.5. The molecule has 0 radical (unpaired) electrons. The maximum absolute atomic E-state index is 12.5. The molecular weight excluding hydrogens is 376 g/mol. The molecule has 1 heterocycles. The minimum absolute atomic E-state index is 0.267. The van der Waals surface area contributed by atoms with Crippen molar-refractivity contribution in [3.63, 3.8) is 0 Å². The van der Waals surface area contributed by atoms with E-state index in [1.807, 2.05) is 43.3 Å². The maximum atomic E-state index is 12.5. The van der Waals surface area contributed by atoms with Gasteiger partial charge in [0.05, 0.1) is 12.8 Å². The molecule has 2 aromatic carbocycles. The van der Waals surface area contributed by atoms with E-state index in [0.29, 0.717) is 34.6 Å². The molecule has 0 aliphatic carbocycles. The highest BCUT2D eigenvalue weighted by molar-refractivity contribution is 6.31. The number of halogens is 1. The van der Waals surface area contributed by atoms with E-state index in [0.717, 1.165) is 11.1 Å². The van der Waals surface area contributed by atoms with Gasteiger partial charge in [0, 0.05) is 23.7 Å². The highest BCUT2D eigenvalue weighted by Gasteiger charge is 2.13. The standard InChI is InChI=1S/C21H21ClN4O2/c1-13-9-17(19(28-3)10-16(13)22)26-20-11-18(24-14(2)25-20)21(27)23-12-15-7-5-4-6-8-15/h4-11H,12H2,1-3H3,(H,23,27)(H,24,25,26). The molecule has 0 fully saturated rings. The minimum atomic E-state index is -0.267. The molecule has 3 aromatic rings. The largest absolute Gasteiger partial charge is 0.495 e. The van der Waals surface area contributed by atoms with Gasteiger partial charge in [0.25, 0.3) is 5.91 Å². The summed E-state index contributed by atoms with van der Waals surface area (Å²) >= 11 is 6.16. The number of hydrogen-bond donors (Lipinski definition) is 2. The van der Waals surface area contributed by atoms with Crippen LogP contribution in [0.2, 0.25) is 5.02 Å². The lowest BCUT2D eigenvalue weighted by Crippen LogP contribution is -2.24. The van der Waals surface area contributed by atoms with Crippen molar-refractivity contribution in [3.05, 3.63) is 76.2 Å². The Morgan fingerprint density at radius 2 is 1.86 bits per heavy atom. The Kier molecular flexibility index (Phi) is 6.11. The number of benzene rings is 2. The molecule has 0 aliphatic heterocycles. The van der Waals surface area contributed by atoms with Crippen LogP contribution in [0.4, 0.5) is 11.5 Å². The van der Waals surface area contributed by atoms with Crippen molar-refractivity contribution in [1.29, 1.82) is 0 Å². The van der Waals surface area contributed by atoms with Gasteiger partial charge in [-0.15, -0.1) is 0 Å². The number of amides is 1. The van der Waals surface area contributed by atoms with Crippen LogP contribution in [0, 0.1) is 13.8 Å². The van der Waals surface area contributed by atoms with Crippen LogP contribution >= 0.6 is 11.6 Å². The van der Waals surface area contributed by atoms with Crippen LogP contribution in [-0.2, 0) is 6.54 Å². The minimum Gasteiger partial charge on any atom is -0.495 e. The second-order valence-corrected chi connectivity index (χ2v) is 6.69. The summed E-state index contributed by atoms with van der Waals surface area (Å²) in [4.78, 5) is 21.1. The number of carbonyl (C=O) groups is 1. The number of aryl methyl sites for hydroxylation is 2. The summed E-state index contributed by atoms with van der Waals surface area (Å²) in [6.07, 6.45) is 0. The average molecular weight is 397 g/mol. The van der Waals surface area contributed by atoms with E-state index in [4.69, 9.17) is 16.3 Å². The quantitative estimate of drug-likeness (QED) is 0.644. The Bertz CT molecular complexity index is 993. The van der Waals surface area contributed by atoms with Crippen LogP contribution in [0.25, 0.3) is 0 Å². The lowest BCUT2D eigenvalue weighted by atomic mass is 10.2. The second-order valence-electron chi connectivity index (χ2n) is 6.28. The van der Waals surface area contributed by atoms with Crippen LogP contribution in [-0.4, -0.2) is 23.0 Å². The van der Waals surface area contributed by atoms with Gasteiger partial charge in [0.2, 0.25) is 0 Å². The number of nitrogens with zero attached hydrogens (tertiary/aromatic N) is 2. The second kappa shape index (κ2) is 8.71. The highest BCUT2D eigenvalue weighted by Crippen LogP contribution is 2.32. The van der Waals surface area contributed by atoms with Crippen LogP contribution in [0.15, 0.2) is 48.5 Å². The maximum Gasteiger partial charge on any atom is 0.270 e. The zero-order valence-electron chi connectivity index (χ0n) is 15.9. The van der Waals surface area contributed by atoms with E-state index in [-0.39, 0.29) is 11.6 Å². The van der Waals surface area contributed by atoms with Gasteiger partial charge < -0.3 is 15.4 Å². The lowest BCUT2D eigenvalue weighted by Gasteiger charge is -2.13. The van der Waals surface area contributed by atoms with E-state index in [1.165, 1.54) is 0 Å². The number of ether oxygens (including phenoxy) is 1. The molecule has 0 saturated carbocycles. The first-order valence-corrected chi connectivity index (χ1v) is 9.13. The monoisotopic (exact) mass is 396 g/mol. The molecule has 0 bridgehead atoms. The number of methoxy groups -OCH3 is 1. The van der Waals surface area contributed by atoms with Crippen LogP contribution in [0.3, 0.4) is 0 Å². The van der Waals surface area contributed by atoms with Crippen molar-refractivity contribution >= 4 is 29.0 Å². The molecule has 0 aliphatic rings. The molecule has 28 heavy (non-hydrogen) atoms. The van der Waals surface area contributed by atoms with Gasteiger partial charge in [-0.2, -0.15) is 0 Å². The first kappa shape index (κ1) is 19.6.